The molecular formula is C19H30N5O8PS. The van der Waals surface area contributed by atoms with Crippen LogP contribution in [0.3, 0.4) is 0 Å². The van der Waals surface area contributed by atoms with Gasteiger partial charge in [-0.05, 0) is 13.3 Å². The number of nitrogens with one attached hydrogen (secondary N) is 1. The Balaban J connectivity index is 1.57. The Bertz CT molecular complexity index is 1120. The second-order valence-electron chi connectivity index (χ2n) is 8.76. The van der Waals surface area contributed by atoms with Crippen molar-refractivity contribution in [2.24, 2.45) is 5.41 Å². The molecule has 0 aromatic carbocycles. The summed E-state index contributed by atoms with van der Waals surface area (Å²) < 4.78 is 29.5. The van der Waals surface area contributed by atoms with Crippen molar-refractivity contribution >= 4 is 42.2 Å². The highest BCUT2D eigenvalue weighted by Gasteiger charge is 2.53. The van der Waals surface area contributed by atoms with Crippen molar-refractivity contribution in [3.05, 3.63) is 16.7 Å². The van der Waals surface area contributed by atoms with Crippen LogP contribution in [0, 0.1) is 5.41 Å². The van der Waals surface area contributed by atoms with Gasteiger partial charge in [0.15, 0.2) is 22.5 Å². The van der Waals surface area contributed by atoms with Crippen molar-refractivity contribution in [1.29, 1.82) is 0 Å². The topological polar surface area (TPSA) is 192 Å². The average molecular weight is 520 g/mol. The molecule has 13 nitrogen and oxygen atoms in total. The van der Waals surface area contributed by atoms with Crippen molar-refractivity contribution < 1.29 is 33.4 Å². The predicted molar refractivity (Wildman–Crippen MR) is 126 cm³/mol. The minimum atomic E-state index is -2.93. The number of aromatic nitrogens is 4. The number of nitrogen functional groups attached to an aromatic ring is 1. The van der Waals surface area contributed by atoms with E-state index < -0.39 is 43.3 Å². The van der Waals surface area contributed by atoms with Gasteiger partial charge in [0.05, 0.1) is 19.5 Å². The lowest BCUT2D eigenvalue weighted by molar-refractivity contribution is -0.118. The largest absolute Gasteiger partial charge is 0.387 e. The Hall–Kier alpha value is -1.80. The molecule has 5 atom stereocenters. The molecule has 1 fully saturated rings. The monoisotopic (exact) mass is 519 g/mol. The van der Waals surface area contributed by atoms with Gasteiger partial charge in [-0.2, -0.15) is 4.98 Å². The molecule has 34 heavy (non-hydrogen) atoms. The smallest absolute Gasteiger partial charge is 0.319 e. The zero-order chi connectivity index (χ0) is 25.3. The summed E-state index contributed by atoms with van der Waals surface area (Å²) in [6.45, 7) is 6.72. The first kappa shape index (κ1) is 26.8. The van der Waals surface area contributed by atoms with Crippen LogP contribution in [0.2, 0.25) is 0 Å². The maximum absolute atomic E-state index is 12.1. The Labute approximate surface area is 200 Å². The number of aromatic amines is 1. The molecule has 0 spiro atoms. The second kappa shape index (κ2) is 10.4. The summed E-state index contributed by atoms with van der Waals surface area (Å²) in [6.07, 6.45) is -1.71. The van der Waals surface area contributed by atoms with Crippen LogP contribution in [0.5, 0.6) is 0 Å². The number of thioether (sulfide) groups is 1. The first-order valence-electron chi connectivity index (χ1n) is 10.6. The van der Waals surface area contributed by atoms with Crippen LogP contribution in [0.15, 0.2) is 11.1 Å². The van der Waals surface area contributed by atoms with Gasteiger partial charge < -0.3 is 29.7 Å². The summed E-state index contributed by atoms with van der Waals surface area (Å²) in [5, 5.41) is 21.5. The minimum Gasteiger partial charge on any atom is -0.387 e. The van der Waals surface area contributed by atoms with Gasteiger partial charge in [-0.25, -0.2) is 4.98 Å². The summed E-state index contributed by atoms with van der Waals surface area (Å²) in [5.74, 6) is 0.177. The molecular weight excluding hydrogens is 489 g/mol. The molecule has 15 heteroatoms. The number of aliphatic hydroxyl groups is 2. The summed E-state index contributed by atoms with van der Waals surface area (Å²) in [7, 11) is -2.93. The third-order valence-corrected chi connectivity index (χ3v) is 7.82. The highest BCUT2D eigenvalue weighted by atomic mass is 32.2. The number of anilines is 1. The fraction of sp³-hybridized carbons (Fsp3) is 0.684. The van der Waals surface area contributed by atoms with Crippen molar-refractivity contribution in [1.82, 2.24) is 19.5 Å². The molecule has 3 heterocycles. The summed E-state index contributed by atoms with van der Waals surface area (Å²) in [5.41, 5.74) is 2.83. The van der Waals surface area contributed by atoms with E-state index in [1.165, 1.54) is 17.8 Å². The molecule has 0 bridgehead atoms. The number of hydrogen-bond acceptors (Lipinski definition) is 12. The molecule has 0 aliphatic carbocycles. The number of fused-ring (bicyclic) bond motifs is 1. The number of rotatable bonds is 10. The van der Waals surface area contributed by atoms with Crippen LogP contribution < -0.4 is 11.3 Å². The van der Waals surface area contributed by atoms with Crippen molar-refractivity contribution in [3.63, 3.8) is 0 Å². The first-order chi connectivity index (χ1) is 15.9. The van der Waals surface area contributed by atoms with Crippen LogP contribution >= 0.6 is 20.0 Å². The molecule has 2 aromatic heterocycles. The number of carbonyl (C=O) groups excluding carboxylic acids is 1. The molecule has 2 aromatic rings. The van der Waals surface area contributed by atoms with Crippen molar-refractivity contribution in [2.75, 3.05) is 24.7 Å². The van der Waals surface area contributed by atoms with Crippen molar-refractivity contribution in [3.8, 4) is 0 Å². The third kappa shape index (κ3) is 5.54. The van der Waals surface area contributed by atoms with Gasteiger partial charge in [0.2, 0.25) is 5.95 Å². The zero-order valence-corrected chi connectivity index (χ0v) is 21.1. The van der Waals surface area contributed by atoms with E-state index in [9.17, 15) is 24.4 Å². The van der Waals surface area contributed by atoms with Gasteiger partial charge in [0.1, 0.15) is 17.8 Å². The van der Waals surface area contributed by atoms with Crippen LogP contribution in [0.4, 0.5) is 5.95 Å². The number of H-pyrrole nitrogens is 1. The molecule has 1 aliphatic rings. The van der Waals surface area contributed by atoms with E-state index in [0.717, 1.165) is 11.8 Å². The molecule has 190 valence electrons. The molecule has 1 aliphatic heterocycles. The minimum absolute atomic E-state index is 0.0140. The molecule has 3 rings (SSSR count). The van der Waals surface area contributed by atoms with Gasteiger partial charge in [0, 0.05) is 11.2 Å². The fourth-order valence-electron chi connectivity index (χ4n) is 3.28. The fourth-order valence-corrected chi connectivity index (χ4v) is 4.97. The number of aliphatic hydroxyl groups excluding tert-OH is 1. The van der Waals surface area contributed by atoms with Crippen molar-refractivity contribution in [2.45, 2.75) is 58.2 Å². The number of carbonyl (C=O) groups is 1. The molecule has 0 amide bonds. The van der Waals surface area contributed by atoms with Gasteiger partial charge in [0.25, 0.3) is 5.56 Å². The Morgan fingerprint density at radius 3 is 2.85 bits per heavy atom. The van der Waals surface area contributed by atoms with Crippen LogP contribution in [-0.2, 0) is 23.1 Å². The molecule has 0 radical (unpaired) electrons. The maximum atomic E-state index is 12.1. The second-order valence-corrected chi connectivity index (χ2v) is 10.9. The number of nitrogens with zero attached hydrogens (tertiary/aromatic N) is 3. The number of hydrogen-bond donors (Lipinski definition) is 4. The van der Waals surface area contributed by atoms with E-state index in [-0.39, 0.29) is 35.4 Å². The van der Waals surface area contributed by atoms with Gasteiger partial charge in [-0.1, -0.05) is 32.5 Å². The van der Waals surface area contributed by atoms with E-state index in [4.69, 9.17) is 19.5 Å². The normalized spacial score (nSPS) is 26.2. The van der Waals surface area contributed by atoms with Crippen LogP contribution in [0.1, 0.15) is 40.3 Å². The average Bonchev–Trinajstić information content (AvgIpc) is 3.28. The van der Waals surface area contributed by atoms with Crippen LogP contribution in [0.25, 0.3) is 11.2 Å². The summed E-state index contributed by atoms with van der Waals surface area (Å²) in [6, 6.07) is 0. The van der Waals surface area contributed by atoms with Gasteiger partial charge in [-0.3, -0.25) is 23.7 Å². The highest BCUT2D eigenvalue weighted by Crippen LogP contribution is 2.40. The number of ether oxygens (including phenoxy) is 1. The van der Waals surface area contributed by atoms with E-state index in [1.54, 1.807) is 0 Å². The van der Waals surface area contributed by atoms with Gasteiger partial charge in [-0.15, -0.1) is 0 Å². The highest BCUT2D eigenvalue weighted by molar-refractivity contribution is 8.13. The van der Waals surface area contributed by atoms with Crippen LogP contribution in [-0.4, -0.2) is 71.6 Å². The molecule has 1 saturated heterocycles. The number of imidazole rings is 1. The molecule has 1 unspecified atom stereocenters. The lowest BCUT2D eigenvalue weighted by Crippen LogP contribution is -2.44. The van der Waals surface area contributed by atoms with E-state index in [0.29, 0.717) is 12.2 Å². The lowest BCUT2D eigenvalue weighted by Gasteiger charge is -2.27. The van der Waals surface area contributed by atoms with E-state index >= 15 is 0 Å². The Morgan fingerprint density at radius 1 is 1.47 bits per heavy atom. The number of nitrogens with two attached hydrogens (primary N) is 1. The van der Waals surface area contributed by atoms with E-state index in [2.05, 4.69) is 15.0 Å². The SMILES string of the molecule is CCC(C)(C)C(=O)SCCO[PH](=O)OC[C@H]1O[C@@H](n2cnc3c(=O)[nH]c(N)nc32)[C@](C)(O)[C@@H]1O. The molecule has 0 saturated carbocycles. The first-order valence-corrected chi connectivity index (χ1v) is 12.8. The molecule has 5 N–H and O–H groups in total. The maximum Gasteiger partial charge on any atom is 0.319 e. The quantitative estimate of drug-likeness (QED) is 0.256. The predicted octanol–water partition coefficient (Wildman–Crippen LogP) is 0.830. The van der Waals surface area contributed by atoms with E-state index in [1.807, 2.05) is 20.8 Å². The Kier molecular flexibility index (Phi) is 8.23. The standard InChI is InChI=1S/C19H30N5O8PS/c1-5-18(2,3)16(27)34-7-6-30-33(29)31-8-10-12(25)19(4,28)15(32-10)24-9-21-11-13(24)22-17(20)23-14(11)26/h9-10,12,15,25,28,33H,5-8H2,1-4H3,(H3,20,22,23,26)/t10-,12-,15-,19-/m1/s1. The zero-order valence-electron chi connectivity index (χ0n) is 19.3. The lowest BCUT2D eigenvalue weighted by atomic mass is 9.92. The third-order valence-electron chi connectivity index (χ3n) is 5.80. The summed E-state index contributed by atoms with van der Waals surface area (Å²) >= 11 is 1.11. The Morgan fingerprint density at radius 2 is 2.18 bits per heavy atom. The van der Waals surface area contributed by atoms with Gasteiger partial charge >= 0.3 is 8.25 Å². The summed E-state index contributed by atoms with van der Waals surface area (Å²) in [4.78, 5) is 34.4.